The van der Waals surface area contributed by atoms with Gasteiger partial charge in [0.2, 0.25) is 11.5 Å². The normalized spacial score (nSPS) is 12.3. The van der Waals surface area contributed by atoms with Gasteiger partial charge in [0.05, 0.1) is 5.69 Å². The Hall–Kier alpha value is -2.89. The number of nitrogens with one attached hydrogen (secondary N) is 1. The Labute approximate surface area is 132 Å². The third kappa shape index (κ3) is 2.75. The molecule has 0 bridgehead atoms. The van der Waals surface area contributed by atoms with Gasteiger partial charge in [-0.25, -0.2) is 4.79 Å². The molecule has 1 atom stereocenters. The third-order valence-corrected chi connectivity index (χ3v) is 3.62. The van der Waals surface area contributed by atoms with Crippen molar-refractivity contribution < 1.29 is 18.8 Å². The summed E-state index contributed by atoms with van der Waals surface area (Å²) in [4.78, 5) is 27.8. The van der Waals surface area contributed by atoms with Crippen LogP contribution in [0.3, 0.4) is 0 Å². The summed E-state index contributed by atoms with van der Waals surface area (Å²) in [5.74, 6) is -0.980. The molecule has 6 nitrogen and oxygen atoms in total. The van der Waals surface area contributed by atoms with Crippen molar-refractivity contribution in [3.63, 3.8) is 0 Å². The van der Waals surface area contributed by atoms with Crippen molar-refractivity contribution in [3.8, 4) is 0 Å². The number of rotatable bonds is 4. The Kier molecular flexibility index (Phi) is 3.73. The van der Waals surface area contributed by atoms with Crippen LogP contribution in [0.25, 0.3) is 10.9 Å². The van der Waals surface area contributed by atoms with E-state index in [1.807, 2.05) is 31.2 Å². The van der Waals surface area contributed by atoms with Gasteiger partial charge < -0.3 is 14.2 Å². The minimum absolute atomic E-state index is 0.0159. The number of Topliss-reactive ketones (excluding diaryl/α,β-unsaturated/α-hetero) is 1. The molecule has 118 valence electrons. The molecule has 0 amide bonds. The number of nitrogens with zero attached hydrogens (tertiary/aromatic N) is 1. The molecule has 0 radical (unpaired) electrons. The van der Waals surface area contributed by atoms with Crippen LogP contribution in [0.2, 0.25) is 0 Å². The molecule has 0 aliphatic carbocycles. The van der Waals surface area contributed by atoms with Crippen LogP contribution in [0.15, 0.2) is 34.9 Å². The molecule has 3 aromatic rings. The van der Waals surface area contributed by atoms with Crippen molar-refractivity contribution in [2.45, 2.75) is 26.9 Å². The molecule has 0 saturated heterocycles. The molecule has 23 heavy (non-hydrogen) atoms. The zero-order valence-electron chi connectivity index (χ0n) is 13.0. The van der Waals surface area contributed by atoms with E-state index in [4.69, 9.17) is 9.26 Å². The first-order valence-electron chi connectivity index (χ1n) is 7.23. The Balaban J connectivity index is 1.84. The van der Waals surface area contributed by atoms with Crippen molar-refractivity contribution in [1.82, 2.24) is 10.1 Å². The molecular weight excluding hydrogens is 296 g/mol. The molecule has 1 unspecified atom stereocenters. The summed E-state index contributed by atoms with van der Waals surface area (Å²) in [6, 6.07) is 8.98. The number of carbonyl (C=O) groups excluding carboxylic acids is 2. The average Bonchev–Trinajstić information content (AvgIpc) is 3.09. The van der Waals surface area contributed by atoms with Gasteiger partial charge in [-0.1, -0.05) is 23.4 Å². The molecule has 6 heteroatoms. The van der Waals surface area contributed by atoms with Gasteiger partial charge in [0, 0.05) is 28.2 Å². The van der Waals surface area contributed by atoms with Crippen LogP contribution in [0.4, 0.5) is 0 Å². The molecule has 0 spiro atoms. The maximum atomic E-state index is 12.7. The molecule has 0 fully saturated rings. The van der Waals surface area contributed by atoms with Crippen LogP contribution in [-0.2, 0) is 4.74 Å². The minimum Gasteiger partial charge on any atom is -0.448 e. The first kappa shape index (κ1) is 15.0. The van der Waals surface area contributed by atoms with Gasteiger partial charge in [0.25, 0.3) is 0 Å². The number of carbonyl (C=O) groups is 2. The maximum absolute atomic E-state index is 12.7. The van der Waals surface area contributed by atoms with Gasteiger partial charge in [0.1, 0.15) is 0 Å². The van der Waals surface area contributed by atoms with Gasteiger partial charge in [-0.2, -0.15) is 0 Å². The minimum atomic E-state index is -0.925. The second kappa shape index (κ2) is 5.72. The van der Waals surface area contributed by atoms with Gasteiger partial charge in [-0.15, -0.1) is 0 Å². The van der Waals surface area contributed by atoms with Crippen LogP contribution >= 0.6 is 0 Å². The van der Waals surface area contributed by atoms with Crippen molar-refractivity contribution >= 4 is 22.7 Å². The summed E-state index contributed by atoms with van der Waals surface area (Å²) in [5, 5.41) is 4.44. The highest BCUT2D eigenvalue weighted by molar-refractivity contribution is 6.11. The predicted molar refractivity (Wildman–Crippen MR) is 83.5 cm³/mol. The van der Waals surface area contributed by atoms with Gasteiger partial charge in [-0.3, -0.25) is 4.79 Å². The van der Waals surface area contributed by atoms with E-state index in [1.165, 1.54) is 6.07 Å². The summed E-state index contributed by atoms with van der Waals surface area (Å²) < 4.78 is 10.1. The second-order valence-electron chi connectivity index (χ2n) is 5.41. The summed E-state index contributed by atoms with van der Waals surface area (Å²) in [6.07, 6.45) is -0.925. The van der Waals surface area contributed by atoms with E-state index in [9.17, 15) is 9.59 Å². The Bertz CT molecular complexity index is 891. The Morgan fingerprint density at radius 1 is 1.26 bits per heavy atom. The van der Waals surface area contributed by atoms with Crippen LogP contribution in [0, 0.1) is 13.8 Å². The van der Waals surface area contributed by atoms with E-state index < -0.39 is 12.1 Å². The molecular formula is C17H16N2O4. The highest BCUT2D eigenvalue weighted by atomic mass is 16.6. The SMILES string of the molecule is Cc1cc(C(=O)OC(C)C(=O)c2c(C)[nH]c3ccccc23)on1. The smallest absolute Gasteiger partial charge is 0.377 e. The molecule has 0 aliphatic heterocycles. The topological polar surface area (TPSA) is 85.2 Å². The zero-order chi connectivity index (χ0) is 16.6. The summed E-state index contributed by atoms with van der Waals surface area (Å²) in [5.41, 5.74) is 2.73. The Morgan fingerprint density at radius 2 is 2.00 bits per heavy atom. The van der Waals surface area contributed by atoms with Gasteiger partial charge in [-0.05, 0) is 26.8 Å². The highest BCUT2D eigenvalue weighted by Crippen LogP contribution is 2.24. The second-order valence-corrected chi connectivity index (χ2v) is 5.41. The zero-order valence-corrected chi connectivity index (χ0v) is 13.0. The molecule has 1 aromatic carbocycles. The average molecular weight is 312 g/mol. The number of hydrogen-bond acceptors (Lipinski definition) is 5. The van der Waals surface area contributed by atoms with E-state index in [1.54, 1.807) is 13.8 Å². The number of hydrogen-bond donors (Lipinski definition) is 1. The molecule has 2 heterocycles. The summed E-state index contributed by atoms with van der Waals surface area (Å²) >= 11 is 0. The van der Waals surface area contributed by atoms with E-state index in [2.05, 4.69) is 10.1 Å². The molecule has 3 rings (SSSR count). The third-order valence-electron chi connectivity index (χ3n) is 3.62. The lowest BCUT2D eigenvalue weighted by Gasteiger charge is -2.11. The van der Waals surface area contributed by atoms with Crippen LogP contribution in [0.1, 0.15) is 39.2 Å². The van der Waals surface area contributed by atoms with Gasteiger partial charge in [0.15, 0.2) is 6.10 Å². The quantitative estimate of drug-likeness (QED) is 0.590. The molecule has 0 saturated carbocycles. The Morgan fingerprint density at radius 3 is 2.70 bits per heavy atom. The van der Waals surface area contributed by atoms with E-state index in [0.717, 1.165) is 16.6 Å². The van der Waals surface area contributed by atoms with Crippen molar-refractivity contribution in [3.05, 3.63) is 53.0 Å². The maximum Gasteiger partial charge on any atom is 0.377 e. The number of aromatic nitrogens is 2. The van der Waals surface area contributed by atoms with Crippen LogP contribution in [-0.4, -0.2) is 28.0 Å². The molecule has 2 aromatic heterocycles. The largest absolute Gasteiger partial charge is 0.448 e. The lowest BCUT2D eigenvalue weighted by molar-refractivity contribution is 0.0281. The highest BCUT2D eigenvalue weighted by Gasteiger charge is 2.26. The number of benzene rings is 1. The number of fused-ring (bicyclic) bond motifs is 1. The first-order chi connectivity index (χ1) is 11.0. The van der Waals surface area contributed by atoms with E-state index >= 15 is 0 Å². The lowest BCUT2D eigenvalue weighted by Crippen LogP contribution is -2.24. The number of ketones is 1. The first-order valence-corrected chi connectivity index (χ1v) is 7.23. The number of aryl methyl sites for hydroxylation is 2. The molecule has 1 N–H and O–H groups in total. The fourth-order valence-corrected chi connectivity index (χ4v) is 2.53. The fourth-order valence-electron chi connectivity index (χ4n) is 2.53. The number of H-pyrrole nitrogens is 1. The monoisotopic (exact) mass is 312 g/mol. The lowest BCUT2D eigenvalue weighted by atomic mass is 10.0. The standard InChI is InChI=1S/C17H16N2O4/c1-9-8-14(23-19-9)17(21)22-11(3)16(20)15-10(2)18-13-7-5-4-6-12(13)15/h4-8,11,18H,1-3H3. The molecule has 0 aliphatic rings. The van der Waals surface area contributed by atoms with Crippen LogP contribution in [0.5, 0.6) is 0 Å². The number of esters is 1. The van der Waals surface area contributed by atoms with E-state index in [0.29, 0.717) is 11.3 Å². The number of aromatic amines is 1. The van der Waals surface area contributed by atoms with Crippen LogP contribution < -0.4 is 0 Å². The van der Waals surface area contributed by atoms with Crippen molar-refractivity contribution in [2.75, 3.05) is 0 Å². The summed E-state index contributed by atoms with van der Waals surface area (Å²) in [7, 11) is 0. The van der Waals surface area contributed by atoms with E-state index in [-0.39, 0.29) is 11.5 Å². The van der Waals surface area contributed by atoms with Gasteiger partial charge >= 0.3 is 5.97 Å². The predicted octanol–water partition coefficient (Wildman–Crippen LogP) is 3.20. The number of para-hydroxylation sites is 1. The summed E-state index contributed by atoms with van der Waals surface area (Å²) in [6.45, 7) is 5.07. The fraction of sp³-hybridized carbons (Fsp3) is 0.235. The number of ether oxygens (including phenoxy) is 1. The van der Waals surface area contributed by atoms with Crippen molar-refractivity contribution in [1.29, 1.82) is 0 Å². The van der Waals surface area contributed by atoms with Crippen molar-refractivity contribution in [2.24, 2.45) is 0 Å².